The van der Waals surface area contributed by atoms with Gasteiger partial charge in [-0.3, -0.25) is 14.5 Å². The second kappa shape index (κ2) is 12.2. The fourth-order valence-electron chi connectivity index (χ4n) is 3.71. The summed E-state index contributed by atoms with van der Waals surface area (Å²) < 4.78 is 10.8. The van der Waals surface area contributed by atoms with Crippen LogP contribution in [0.15, 0.2) is 47.4 Å². The Hall–Kier alpha value is -3.20. The first kappa shape index (κ1) is 24.4. The zero-order chi connectivity index (χ0) is 23.6. The fraction of sp³-hybridized carbons (Fsp3) is 0.500. The van der Waals surface area contributed by atoms with Gasteiger partial charge in [0.1, 0.15) is 11.6 Å². The van der Waals surface area contributed by atoms with Gasteiger partial charge in [-0.2, -0.15) is 4.98 Å². The number of methoxy groups -OCH3 is 1. The molecule has 2 amide bonds. The van der Waals surface area contributed by atoms with Crippen LogP contribution in [0.2, 0.25) is 0 Å². The second-order valence-corrected chi connectivity index (χ2v) is 8.14. The molecule has 9 nitrogen and oxygen atoms in total. The Morgan fingerprint density at radius 3 is 2.94 bits per heavy atom. The van der Waals surface area contributed by atoms with Crippen molar-refractivity contribution in [3.63, 3.8) is 0 Å². The number of nitrogens with one attached hydrogen (secondary N) is 2. The molecule has 0 aromatic carbocycles. The number of unbranched alkanes of at least 4 members (excludes halogenated alkanes) is 1. The summed E-state index contributed by atoms with van der Waals surface area (Å²) in [6, 6.07) is 1.76. The number of allylic oxidation sites excluding steroid dienone is 4. The first-order valence-corrected chi connectivity index (χ1v) is 11.4. The Balaban J connectivity index is 1.77. The van der Waals surface area contributed by atoms with Crippen LogP contribution in [0.1, 0.15) is 39.5 Å². The SMILES string of the molecule is COCC(C)Nc1nccc(N(CCCCNC(C)=O)C(=O)C2=CC=C3OCCC3=CC2)n1. The Bertz CT molecular complexity index is 941. The average molecular weight is 456 g/mol. The summed E-state index contributed by atoms with van der Waals surface area (Å²) in [5.74, 6) is 1.66. The minimum Gasteiger partial charge on any atom is -0.493 e. The highest BCUT2D eigenvalue weighted by atomic mass is 16.5. The molecule has 0 radical (unpaired) electrons. The molecule has 0 bridgehead atoms. The molecule has 1 unspecified atom stereocenters. The lowest BCUT2D eigenvalue weighted by molar-refractivity contribution is -0.119. The third-order valence-electron chi connectivity index (χ3n) is 5.36. The zero-order valence-electron chi connectivity index (χ0n) is 19.6. The summed E-state index contributed by atoms with van der Waals surface area (Å²) in [5, 5.41) is 5.99. The van der Waals surface area contributed by atoms with Gasteiger partial charge in [0.25, 0.3) is 5.91 Å². The molecule has 2 aliphatic rings. The van der Waals surface area contributed by atoms with Gasteiger partial charge in [0.15, 0.2) is 0 Å². The number of carbonyl (C=O) groups is 2. The molecule has 2 heterocycles. The van der Waals surface area contributed by atoms with E-state index in [2.05, 4.69) is 26.7 Å². The third kappa shape index (κ3) is 7.15. The minimum atomic E-state index is -0.0993. The molecule has 178 valence electrons. The lowest BCUT2D eigenvalue weighted by Gasteiger charge is -2.23. The number of fused-ring (bicyclic) bond motifs is 1. The molecule has 0 saturated carbocycles. The monoisotopic (exact) mass is 455 g/mol. The van der Waals surface area contributed by atoms with Crippen LogP contribution in [0, 0.1) is 0 Å². The Labute approximate surface area is 194 Å². The van der Waals surface area contributed by atoms with Crippen LogP contribution >= 0.6 is 0 Å². The van der Waals surface area contributed by atoms with E-state index < -0.39 is 0 Å². The summed E-state index contributed by atoms with van der Waals surface area (Å²) >= 11 is 0. The molecule has 1 aromatic heterocycles. The number of ether oxygens (including phenoxy) is 2. The van der Waals surface area contributed by atoms with Crippen molar-refractivity contribution in [2.45, 2.75) is 45.6 Å². The number of hydrogen-bond donors (Lipinski definition) is 2. The summed E-state index contributed by atoms with van der Waals surface area (Å²) in [4.78, 5) is 35.3. The van der Waals surface area contributed by atoms with E-state index in [0.717, 1.165) is 30.6 Å². The predicted molar refractivity (Wildman–Crippen MR) is 127 cm³/mol. The Kier molecular flexibility index (Phi) is 9.00. The van der Waals surface area contributed by atoms with Crippen molar-refractivity contribution >= 4 is 23.6 Å². The van der Waals surface area contributed by atoms with Crippen LogP contribution in [0.25, 0.3) is 0 Å². The first-order valence-electron chi connectivity index (χ1n) is 11.4. The summed E-state index contributed by atoms with van der Waals surface area (Å²) in [6.45, 7) is 5.71. The van der Waals surface area contributed by atoms with Gasteiger partial charge >= 0.3 is 0 Å². The van der Waals surface area contributed by atoms with Crippen LogP contribution in [-0.2, 0) is 19.1 Å². The third-order valence-corrected chi connectivity index (χ3v) is 5.36. The molecule has 1 fully saturated rings. The van der Waals surface area contributed by atoms with Crippen LogP contribution in [0.4, 0.5) is 11.8 Å². The van der Waals surface area contributed by atoms with E-state index in [1.165, 1.54) is 6.92 Å². The van der Waals surface area contributed by atoms with Crippen LogP contribution in [-0.4, -0.2) is 61.2 Å². The van der Waals surface area contributed by atoms with Gasteiger partial charge in [-0.1, -0.05) is 6.08 Å². The fourth-order valence-corrected chi connectivity index (χ4v) is 3.71. The summed E-state index contributed by atoms with van der Waals surface area (Å²) in [7, 11) is 1.64. The van der Waals surface area contributed by atoms with Gasteiger partial charge in [0.05, 0.1) is 13.2 Å². The lowest BCUT2D eigenvalue weighted by atomic mass is 10.1. The van der Waals surface area contributed by atoms with Crippen molar-refractivity contribution in [2.75, 3.05) is 43.6 Å². The van der Waals surface area contributed by atoms with Gasteiger partial charge in [-0.25, -0.2) is 4.98 Å². The summed E-state index contributed by atoms with van der Waals surface area (Å²) in [6.07, 6.45) is 10.3. The predicted octanol–water partition coefficient (Wildman–Crippen LogP) is 2.73. The van der Waals surface area contributed by atoms with E-state index in [-0.39, 0.29) is 17.9 Å². The van der Waals surface area contributed by atoms with Crippen molar-refractivity contribution in [1.29, 1.82) is 0 Å². The van der Waals surface area contributed by atoms with Crippen LogP contribution in [0.3, 0.4) is 0 Å². The topological polar surface area (TPSA) is 106 Å². The molecule has 3 rings (SSSR count). The number of carbonyl (C=O) groups excluding carboxylic acids is 2. The van der Waals surface area contributed by atoms with Crippen LogP contribution < -0.4 is 15.5 Å². The maximum absolute atomic E-state index is 13.6. The molecular formula is C24H33N5O4. The van der Waals surface area contributed by atoms with E-state index in [1.54, 1.807) is 24.3 Å². The first-order chi connectivity index (χ1) is 16.0. The van der Waals surface area contributed by atoms with Gasteiger partial charge in [-0.05, 0) is 50.0 Å². The van der Waals surface area contributed by atoms with Crippen molar-refractivity contribution < 1.29 is 19.1 Å². The molecule has 1 aliphatic heterocycles. The maximum Gasteiger partial charge on any atom is 0.255 e. The molecule has 1 atom stereocenters. The quantitative estimate of drug-likeness (QED) is 0.494. The largest absolute Gasteiger partial charge is 0.493 e. The lowest BCUT2D eigenvalue weighted by Crippen LogP contribution is -2.34. The molecule has 33 heavy (non-hydrogen) atoms. The number of aromatic nitrogens is 2. The zero-order valence-corrected chi connectivity index (χ0v) is 19.6. The molecule has 1 aromatic rings. The molecule has 1 saturated heterocycles. The van der Waals surface area contributed by atoms with Crippen molar-refractivity contribution in [3.8, 4) is 0 Å². The molecule has 0 spiro atoms. The summed E-state index contributed by atoms with van der Waals surface area (Å²) in [5.41, 5.74) is 1.83. The normalized spacial score (nSPS) is 15.8. The van der Waals surface area contributed by atoms with Gasteiger partial charge in [0, 0.05) is 51.4 Å². The van der Waals surface area contributed by atoms with E-state index in [1.807, 2.05) is 19.1 Å². The number of hydrogen-bond acceptors (Lipinski definition) is 7. The highest BCUT2D eigenvalue weighted by Gasteiger charge is 2.24. The minimum absolute atomic E-state index is 0.0225. The van der Waals surface area contributed by atoms with Crippen molar-refractivity contribution in [1.82, 2.24) is 15.3 Å². The number of anilines is 2. The second-order valence-electron chi connectivity index (χ2n) is 8.14. The van der Waals surface area contributed by atoms with E-state index in [4.69, 9.17) is 9.47 Å². The average Bonchev–Trinajstić information content (AvgIpc) is 3.14. The van der Waals surface area contributed by atoms with Crippen LogP contribution in [0.5, 0.6) is 0 Å². The van der Waals surface area contributed by atoms with Gasteiger partial charge in [-0.15, -0.1) is 0 Å². The number of amides is 2. The van der Waals surface area contributed by atoms with Gasteiger partial charge in [0.2, 0.25) is 11.9 Å². The smallest absolute Gasteiger partial charge is 0.255 e. The number of nitrogens with zero attached hydrogens (tertiary/aromatic N) is 3. The molecule has 9 heteroatoms. The van der Waals surface area contributed by atoms with Crippen molar-refractivity contribution in [3.05, 3.63) is 47.4 Å². The highest BCUT2D eigenvalue weighted by Crippen LogP contribution is 2.28. The number of rotatable bonds is 11. The Morgan fingerprint density at radius 1 is 1.30 bits per heavy atom. The Morgan fingerprint density at radius 2 is 2.15 bits per heavy atom. The van der Waals surface area contributed by atoms with Crippen molar-refractivity contribution in [2.24, 2.45) is 0 Å². The van der Waals surface area contributed by atoms with E-state index in [0.29, 0.717) is 50.1 Å². The maximum atomic E-state index is 13.6. The molecule has 1 aliphatic carbocycles. The van der Waals surface area contributed by atoms with E-state index in [9.17, 15) is 9.59 Å². The molecule has 2 N–H and O–H groups in total. The highest BCUT2D eigenvalue weighted by molar-refractivity contribution is 6.05. The van der Waals surface area contributed by atoms with Gasteiger partial charge < -0.3 is 20.1 Å². The van der Waals surface area contributed by atoms with E-state index >= 15 is 0 Å². The standard InChI is InChI=1S/C24H33N5O4/c1-17(16-32-3)27-24-26-13-10-22(28-24)29(14-5-4-12-25-18(2)30)23(31)20-7-6-19-11-15-33-21(19)9-8-20/h6,8-10,13,17H,4-5,7,11-12,14-16H2,1-3H3,(H,25,30)(H,26,27,28). The molecular weight excluding hydrogens is 422 g/mol.